The maximum Gasteiger partial charge on any atom is 0.345 e. The number of rotatable bonds is 10. The van der Waals surface area contributed by atoms with Gasteiger partial charge in [-0.3, -0.25) is 0 Å². The van der Waals surface area contributed by atoms with E-state index in [0.717, 1.165) is 25.7 Å². The van der Waals surface area contributed by atoms with E-state index in [1.54, 1.807) is 38.3 Å². The number of esters is 1. The van der Waals surface area contributed by atoms with Crippen LogP contribution < -0.4 is 9.47 Å². The van der Waals surface area contributed by atoms with Gasteiger partial charge in [0.2, 0.25) is 15.9 Å². The highest BCUT2D eigenvalue weighted by Crippen LogP contribution is 2.26. The molecule has 1 saturated heterocycles. The first-order valence-corrected chi connectivity index (χ1v) is 13.9. The molecule has 0 unspecified atom stereocenters. The molecular formula is C25H34N4O6S. The largest absolute Gasteiger partial charge is 0.497 e. The number of hydrogen-bond acceptors (Lipinski definition) is 9. The quantitative estimate of drug-likeness (QED) is 0.438. The Hall–Kier alpha value is -2.76. The second-order valence-electron chi connectivity index (χ2n) is 8.92. The van der Waals surface area contributed by atoms with Crippen molar-refractivity contribution < 1.29 is 27.4 Å². The lowest BCUT2D eigenvalue weighted by molar-refractivity contribution is 0.0516. The van der Waals surface area contributed by atoms with Crippen molar-refractivity contribution in [1.29, 1.82) is 0 Å². The minimum Gasteiger partial charge on any atom is -0.497 e. The Morgan fingerprint density at radius 1 is 1.08 bits per heavy atom. The molecule has 36 heavy (non-hydrogen) atoms. The molecule has 10 nitrogen and oxygen atoms in total. The molecule has 2 heterocycles. The standard InChI is InChI=1S/C25H34N4O6S/c1-3-34-25(30)22-18-26-23(27-24(22)35-20-6-4-5-7-20)12-13-28-14-16-29(17-15-28)36(31,32)21-10-8-19(33-2)9-11-21/h8-11,18,20H,3-7,12-17H2,1-2H3. The van der Waals surface area contributed by atoms with Crippen molar-refractivity contribution in [2.45, 2.75) is 50.0 Å². The van der Waals surface area contributed by atoms with Crippen LogP contribution in [0.2, 0.25) is 0 Å². The van der Waals surface area contributed by atoms with Crippen LogP contribution in [-0.2, 0) is 21.2 Å². The second-order valence-corrected chi connectivity index (χ2v) is 10.9. The number of carbonyl (C=O) groups is 1. The number of ether oxygens (including phenoxy) is 3. The zero-order chi connectivity index (χ0) is 25.5. The van der Waals surface area contributed by atoms with E-state index in [1.165, 1.54) is 10.5 Å². The fraction of sp³-hybridized carbons (Fsp3) is 0.560. The van der Waals surface area contributed by atoms with Crippen LogP contribution in [-0.4, -0.2) is 86.1 Å². The Morgan fingerprint density at radius 2 is 1.78 bits per heavy atom. The van der Waals surface area contributed by atoms with Crippen molar-refractivity contribution in [3.05, 3.63) is 41.9 Å². The van der Waals surface area contributed by atoms with Gasteiger partial charge >= 0.3 is 5.97 Å². The second kappa shape index (κ2) is 12.0. The van der Waals surface area contributed by atoms with Gasteiger partial charge < -0.3 is 19.1 Å². The third kappa shape index (κ3) is 6.32. The lowest BCUT2D eigenvalue weighted by atomic mass is 10.2. The average molecular weight is 519 g/mol. The molecular weight excluding hydrogens is 484 g/mol. The van der Waals surface area contributed by atoms with Crippen molar-refractivity contribution in [2.75, 3.05) is 46.4 Å². The van der Waals surface area contributed by atoms with Crippen molar-refractivity contribution in [3.8, 4) is 11.6 Å². The van der Waals surface area contributed by atoms with Crippen LogP contribution >= 0.6 is 0 Å². The van der Waals surface area contributed by atoms with E-state index in [1.807, 2.05) is 0 Å². The molecule has 1 aliphatic heterocycles. The molecule has 0 radical (unpaired) electrons. The predicted octanol–water partition coefficient (Wildman–Crippen LogP) is 2.53. The molecule has 2 aliphatic rings. The Morgan fingerprint density at radius 3 is 2.42 bits per heavy atom. The molecule has 1 aromatic carbocycles. The van der Waals surface area contributed by atoms with Crippen LogP contribution in [0.1, 0.15) is 48.8 Å². The number of hydrogen-bond donors (Lipinski definition) is 0. The summed E-state index contributed by atoms with van der Waals surface area (Å²) in [5, 5.41) is 0. The zero-order valence-electron chi connectivity index (χ0n) is 20.9. The molecule has 1 aliphatic carbocycles. The normalized spacial score (nSPS) is 17.7. The van der Waals surface area contributed by atoms with Gasteiger partial charge in [-0.25, -0.2) is 18.2 Å². The van der Waals surface area contributed by atoms with Crippen LogP contribution in [0, 0.1) is 0 Å². The van der Waals surface area contributed by atoms with Crippen LogP contribution in [0.4, 0.5) is 0 Å². The van der Waals surface area contributed by atoms with E-state index in [0.29, 0.717) is 56.6 Å². The molecule has 0 atom stereocenters. The van der Waals surface area contributed by atoms with Crippen molar-refractivity contribution in [3.63, 3.8) is 0 Å². The minimum atomic E-state index is -3.55. The smallest absolute Gasteiger partial charge is 0.345 e. The zero-order valence-corrected chi connectivity index (χ0v) is 21.7. The number of aromatic nitrogens is 2. The highest BCUT2D eigenvalue weighted by molar-refractivity contribution is 7.89. The van der Waals surface area contributed by atoms with Gasteiger partial charge in [-0.1, -0.05) is 0 Å². The van der Waals surface area contributed by atoms with Crippen LogP contribution in [0.3, 0.4) is 0 Å². The number of nitrogens with zero attached hydrogens (tertiary/aromatic N) is 4. The van der Waals surface area contributed by atoms with Crippen molar-refractivity contribution in [1.82, 2.24) is 19.2 Å². The first kappa shape index (κ1) is 26.3. The molecule has 0 N–H and O–H groups in total. The topological polar surface area (TPSA) is 111 Å². The van der Waals surface area contributed by atoms with Gasteiger partial charge in [0, 0.05) is 45.3 Å². The summed E-state index contributed by atoms with van der Waals surface area (Å²) < 4.78 is 43.8. The summed E-state index contributed by atoms with van der Waals surface area (Å²) in [4.78, 5) is 23.7. The highest BCUT2D eigenvalue weighted by atomic mass is 32.2. The minimum absolute atomic E-state index is 0.0571. The molecule has 2 fully saturated rings. The summed E-state index contributed by atoms with van der Waals surface area (Å²) in [6.45, 7) is 4.75. The molecule has 0 amide bonds. The fourth-order valence-electron chi connectivity index (χ4n) is 4.47. The number of carbonyl (C=O) groups excluding carboxylic acids is 1. The third-order valence-corrected chi connectivity index (χ3v) is 8.47. The molecule has 1 aromatic heterocycles. The number of sulfonamides is 1. The van der Waals surface area contributed by atoms with Gasteiger partial charge in [-0.15, -0.1) is 0 Å². The van der Waals surface area contributed by atoms with Gasteiger partial charge in [0.25, 0.3) is 0 Å². The Balaban J connectivity index is 1.34. The van der Waals surface area contributed by atoms with E-state index in [-0.39, 0.29) is 23.2 Å². The molecule has 2 aromatic rings. The number of methoxy groups -OCH3 is 1. The molecule has 196 valence electrons. The van der Waals surface area contributed by atoms with Gasteiger partial charge in [-0.2, -0.15) is 9.29 Å². The third-order valence-electron chi connectivity index (χ3n) is 6.56. The molecule has 4 rings (SSSR count). The van der Waals surface area contributed by atoms with Gasteiger partial charge in [-0.05, 0) is 56.9 Å². The monoisotopic (exact) mass is 518 g/mol. The summed E-state index contributed by atoms with van der Waals surface area (Å²) in [5.74, 6) is 1.02. The van der Waals surface area contributed by atoms with Crippen molar-refractivity contribution in [2.24, 2.45) is 0 Å². The Kier molecular flexibility index (Phi) is 8.76. The molecule has 0 spiro atoms. The predicted molar refractivity (Wildman–Crippen MR) is 133 cm³/mol. The summed E-state index contributed by atoms with van der Waals surface area (Å²) in [5.41, 5.74) is 0.254. The van der Waals surface area contributed by atoms with Crippen molar-refractivity contribution >= 4 is 16.0 Å². The SMILES string of the molecule is CCOC(=O)c1cnc(CCN2CCN(S(=O)(=O)c3ccc(OC)cc3)CC2)nc1OC1CCCC1. The molecule has 11 heteroatoms. The Labute approximate surface area is 212 Å². The molecule has 0 bridgehead atoms. The summed E-state index contributed by atoms with van der Waals surface area (Å²) in [6.07, 6.45) is 6.23. The number of piperazine rings is 1. The summed E-state index contributed by atoms with van der Waals surface area (Å²) in [7, 11) is -2.00. The van der Waals surface area contributed by atoms with Gasteiger partial charge in [0.15, 0.2) is 0 Å². The molecule has 1 saturated carbocycles. The van der Waals surface area contributed by atoms with E-state index >= 15 is 0 Å². The van der Waals surface area contributed by atoms with Crippen LogP contribution in [0.15, 0.2) is 35.4 Å². The lowest BCUT2D eigenvalue weighted by Crippen LogP contribution is -2.49. The fourth-order valence-corrected chi connectivity index (χ4v) is 5.89. The van der Waals surface area contributed by atoms with E-state index in [9.17, 15) is 13.2 Å². The van der Waals surface area contributed by atoms with Crippen LogP contribution in [0.5, 0.6) is 11.6 Å². The van der Waals surface area contributed by atoms with E-state index < -0.39 is 16.0 Å². The maximum atomic E-state index is 13.0. The van der Waals surface area contributed by atoms with Gasteiger partial charge in [0.1, 0.15) is 23.2 Å². The average Bonchev–Trinajstić information content (AvgIpc) is 3.41. The van der Waals surface area contributed by atoms with Gasteiger partial charge in [0.05, 0.1) is 18.6 Å². The summed E-state index contributed by atoms with van der Waals surface area (Å²) in [6, 6.07) is 6.45. The first-order chi connectivity index (χ1) is 17.4. The maximum absolute atomic E-state index is 13.0. The Bertz CT molecular complexity index is 1130. The first-order valence-electron chi connectivity index (χ1n) is 12.5. The number of benzene rings is 1. The van der Waals surface area contributed by atoms with E-state index in [2.05, 4.69) is 14.9 Å². The lowest BCUT2D eigenvalue weighted by Gasteiger charge is -2.33. The van der Waals surface area contributed by atoms with Crippen LogP contribution in [0.25, 0.3) is 0 Å². The highest BCUT2D eigenvalue weighted by Gasteiger charge is 2.29. The summed E-state index contributed by atoms with van der Waals surface area (Å²) >= 11 is 0. The van der Waals surface area contributed by atoms with E-state index in [4.69, 9.17) is 14.2 Å².